The monoisotopic (exact) mass is 737 g/mol. The number of nitrogens with zero attached hydrogens (tertiary/aromatic N) is 2. The third-order valence-electron chi connectivity index (χ3n) is 11.2. The molecule has 306 valence electrons. The van der Waals surface area contributed by atoms with Crippen LogP contribution in [0.1, 0.15) is 210 Å². The summed E-state index contributed by atoms with van der Waals surface area (Å²) in [7, 11) is 0. The second kappa shape index (κ2) is 23.6. The summed E-state index contributed by atoms with van der Waals surface area (Å²) in [6.45, 7) is 25.1. The van der Waals surface area contributed by atoms with Crippen LogP contribution in [0, 0.1) is 10.8 Å². The molecule has 0 aromatic carbocycles. The summed E-state index contributed by atoms with van der Waals surface area (Å²) in [5, 5.41) is 4.28. The first-order valence-electron chi connectivity index (χ1n) is 21.7. The second-order valence-corrected chi connectivity index (χ2v) is 18.9. The van der Waals surface area contributed by atoms with E-state index >= 15 is 0 Å². The minimum Gasteiger partial charge on any atom is -0.462 e. The van der Waals surface area contributed by atoms with Crippen LogP contribution in [0.4, 0.5) is 0 Å². The molecule has 0 aromatic rings. The van der Waals surface area contributed by atoms with Crippen LogP contribution in [-0.4, -0.2) is 71.7 Å². The molecule has 2 aliphatic heterocycles. The SMILES string of the molecule is CCCCCCCCON1CC(C)(C)C(OC(=O)CCCCCCCCC(=O)OC2CC(C)(C)N(OCCCCCCCC)C(C)(C)C2)C(C)(C)C1. The van der Waals surface area contributed by atoms with Gasteiger partial charge < -0.3 is 9.47 Å². The molecular weight excluding hydrogens is 652 g/mol. The molecule has 0 atom stereocenters. The lowest BCUT2D eigenvalue weighted by Gasteiger charge is -2.53. The molecule has 0 amide bonds. The fourth-order valence-electron chi connectivity index (χ4n) is 9.00. The normalized spacial score (nSPS) is 20.6. The maximum Gasteiger partial charge on any atom is 0.306 e. The molecule has 2 aliphatic rings. The van der Waals surface area contributed by atoms with E-state index < -0.39 is 0 Å². The molecule has 0 saturated carbocycles. The molecule has 0 radical (unpaired) electrons. The Morgan fingerprint density at radius 2 is 0.904 bits per heavy atom. The minimum atomic E-state index is -0.201. The Balaban J connectivity index is 1.59. The highest BCUT2D eigenvalue weighted by Gasteiger charge is 2.50. The van der Waals surface area contributed by atoms with Crippen molar-refractivity contribution < 1.29 is 28.7 Å². The van der Waals surface area contributed by atoms with Crippen molar-refractivity contribution in [1.29, 1.82) is 0 Å². The van der Waals surface area contributed by atoms with Gasteiger partial charge in [0, 0.05) is 60.7 Å². The Morgan fingerprint density at radius 1 is 0.519 bits per heavy atom. The molecule has 0 aliphatic carbocycles. The average Bonchev–Trinajstić information content (AvgIpc) is 3.03. The first-order valence-corrected chi connectivity index (χ1v) is 21.7. The first kappa shape index (κ1) is 46.9. The smallest absolute Gasteiger partial charge is 0.306 e. The Labute approximate surface area is 321 Å². The molecule has 8 nitrogen and oxygen atoms in total. The Hall–Kier alpha value is -1.22. The van der Waals surface area contributed by atoms with Crippen LogP contribution in [0.3, 0.4) is 0 Å². The van der Waals surface area contributed by atoms with E-state index in [0.717, 1.165) is 90.5 Å². The molecule has 2 heterocycles. The lowest BCUT2D eigenvalue weighted by Crippen LogP contribution is -2.62. The van der Waals surface area contributed by atoms with Gasteiger partial charge in [-0.15, -0.1) is 0 Å². The number of esters is 2. The Kier molecular flexibility index (Phi) is 21.3. The van der Waals surface area contributed by atoms with E-state index in [-0.39, 0.29) is 46.1 Å². The third kappa shape index (κ3) is 17.5. The first-order chi connectivity index (χ1) is 24.5. The molecule has 2 rings (SSSR count). The number of rotatable bonds is 27. The zero-order valence-corrected chi connectivity index (χ0v) is 35.9. The summed E-state index contributed by atoms with van der Waals surface area (Å²) in [6.07, 6.45) is 23.1. The summed E-state index contributed by atoms with van der Waals surface area (Å²) in [5.41, 5.74) is -0.782. The van der Waals surface area contributed by atoms with Gasteiger partial charge in [-0.3, -0.25) is 19.3 Å². The zero-order valence-electron chi connectivity index (χ0n) is 35.9. The van der Waals surface area contributed by atoms with Gasteiger partial charge in [0.2, 0.25) is 0 Å². The molecule has 0 bridgehead atoms. The fourth-order valence-corrected chi connectivity index (χ4v) is 9.00. The van der Waals surface area contributed by atoms with Gasteiger partial charge in [0.1, 0.15) is 12.2 Å². The topological polar surface area (TPSA) is 77.5 Å². The lowest BCUT2D eigenvalue weighted by molar-refractivity contribution is -0.293. The number of hydrogen-bond donors (Lipinski definition) is 0. The van der Waals surface area contributed by atoms with E-state index in [1.807, 2.05) is 0 Å². The van der Waals surface area contributed by atoms with Gasteiger partial charge in [0.25, 0.3) is 0 Å². The molecule has 0 spiro atoms. The van der Waals surface area contributed by atoms with E-state index in [1.54, 1.807) is 0 Å². The summed E-state index contributed by atoms with van der Waals surface area (Å²) < 4.78 is 12.2. The maximum absolute atomic E-state index is 12.9. The zero-order chi connectivity index (χ0) is 38.7. The average molecular weight is 737 g/mol. The van der Waals surface area contributed by atoms with Crippen molar-refractivity contribution in [3.05, 3.63) is 0 Å². The van der Waals surface area contributed by atoms with Crippen molar-refractivity contribution in [3.63, 3.8) is 0 Å². The maximum atomic E-state index is 12.9. The van der Waals surface area contributed by atoms with E-state index in [1.165, 1.54) is 64.2 Å². The Bertz CT molecular complexity index is 959. The van der Waals surface area contributed by atoms with Crippen molar-refractivity contribution >= 4 is 11.9 Å². The van der Waals surface area contributed by atoms with Gasteiger partial charge in [0.15, 0.2) is 0 Å². The van der Waals surface area contributed by atoms with Gasteiger partial charge in [0.05, 0.1) is 13.2 Å². The summed E-state index contributed by atoms with van der Waals surface area (Å²) in [6, 6.07) is 0. The molecule has 2 saturated heterocycles. The molecular formula is C44H84N2O6. The van der Waals surface area contributed by atoms with Crippen molar-refractivity contribution in [3.8, 4) is 0 Å². The van der Waals surface area contributed by atoms with Crippen LogP contribution in [0.2, 0.25) is 0 Å². The minimum absolute atomic E-state index is 0.0816. The third-order valence-corrected chi connectivity index (χ3v) is 11.2. The highest BCUT2D eigenvalue weighted by atomic mass is 16.7. The molecule has 0 aromatic heterocycles. The second-order valence-electron chi connectivity index (χ2n) is 18.9. The highest BCUT2D eigenvalue weighted by molar-refractivity contribution is 5.70. The van der Waals surface area contributed by atoms with Crippen LogP contribution in [0.5, 0.6) is 0 Å². The highest BCUT2D eigenvalue weighted by Crippen LogP contribution is 2.43. The number of carbonyl (C=O) groups excluding carboxylic acids is 2. The molecule has 8 heteroatoms. The van der Waals surface area contributed by atoms with Gasteiger partial charge in [-0.05, 0) is 53.4 Å². The Morgan fingerprint density at radius 3 is 1.37 bits per heavy atom. The van der Waals surface area contributed by atoms with Crippen molar-refractivity contribution in [2.45, 2.75) is 234 Å². The number of unbranched alkanes of at least 4 members (excludes halogenated alkanes) is 15. The van der Waals surface area contributed by atoms with Gasteiger partial charge >= 0.3 is 11.9 Å². The predicted molar refractivity (Wildman–Crippen MR) is 214 cm³/mol. The summed E-state index contributed by atoms with van der Waals surface area (Å²) >= 11 is 0. The standard InChI is InChI=1S/C44H84N2O6/c1-11-13-15-17-23-27-31-49-45-35-41(3,4)40(42(5,6)36-45)52-39(48)30-26-22-20-19-21-25-29-38(47)51-37-33-43(7,8)46(44(9,10)34-37)50-32-28-24-18-16-14-12-2/h37,40H,11-36H2,1-10H3. The van der Waals surface area contributed by atoms with Gasteiger partial charge in [-0.1, -0.05) is 131 Å². The van der Waals surface area contributed by atoms with Crippen LogP contribution in [-0.2, 0) is 28.7 Å². The summed E-state index contributed by atoms with van der Waals surface area (Å²) in [4.78, 5) is 38.2. The van der Waals surface area contributed by atoms with Crippen LogP contribution in [0.25, 0.3) is 0 Å². The number of piperidine rings is 2. The van der Waals surface area contributed by atoms with Crippen LogP contribution >= 0.6 is 0 Å². The number of hydroxylamine groups is 4. The van der Waals surface area contributed by atoms with Crippen LogP contribution in [0.15, 0.2) is 0 Å². The molecule has 52 heavy (non-hydrogen) atoms. The number of carbonyl (C=O) groups is 2. The molecule has 0 unspecified atom stereocenters. The van der Waals surface area contributed by atoms with Crippen molar-refractivity contribution in [1.82, 2.24) is 10.1 Å². The quantitative estimate of drug-likeness (QED) is 0.0609. The van der Waals surface area contributed by atoms with E-state index in [0.29, 0.717) is 12.8 Å². The molecule has 0 N–H and O–H groups in total. The van der Waals surface area contributed by atoms with Crippen LogP contribution < -0.4 is 0 Å². The predicted octanol–water partition coefficient (Wildman–Crippen LogP) is 11.5. The number of hydrogen-bond acceptors (Lipinski definition) is 8. The van der Waals surface area contributed by atoms with E-state index in [4.69, 9.17) is 19.1 Å². The molecule has 2 fully saturated rings. The van der Waals surface area contributed by atoms with E-state index in [2.05, 4.69) is 79.4 Å². The lowest BCUT2D eigenvalue weighted by atomic mass is 9.68. The van der Waals surface area contributed by atoms with Crippen molar-refractivity contribution in [2.75, 3.05) is 26.3 Å². The van der Waals surface area contributed by atoms with E-state index in [9.17, 15) is 9.59 Å². The summed E-state index contributed by atoms with van der Waals surface area (Å²) in [5.74, 6) is -0.168. The van der Waals surface area contributed by atoms with Gasteiger partial charge in [-0.25, -0.2) is 0 Å². The largest absolute Gasteiger partial charge is 0.462 e. The van der Waals surface area contributed by atoms with Crippen molar-refractivity contribution in [2.24, 2.45) is 10.8 Å². The number of ether oxygens (including phenoxy) is 2. The fraction of sp³-hybridized carbons (Fsp3) is 0.955. The van der Waals surface area contributed by atoms with Gasteiger partial charge in [-0.2, -0.15) is 10.1 Å².